The van der Waals surface area contributed by atoms with Gasteiger partial charge >= 0.3 is 0 Å². The Kier molecular flexibility index (Phi) is 5.00. The highest BCUT2D eigenvalue weighted by molar-refractivity contribution is 7.80. The molecule has 2 nitrogen and oxygen atoms in total. The fourth-order valence-electron chi connectivity index (χ4n) is 0.368. The second-order valence-corrected chi connectivity index (χ2v) is 3.45. The quantitative estimate of drug-likeness (QED) is 0.607. The van der Waals surface area contributed by atoms with Crippen LogP contribution in [0.25, 0.3) is 0 Å². The highest BCUT2D eigenvalue weighted by atomic mass is 32.2. The van der Waals surface area contributed by atoms with E-state index in [1.807, 2.05) is 20.8 Å². The van der Waals surface area contributed by atoms with Crippen molar-refractivity contribution >= 4 is 11.1 Å². The Hall–Kier alpha value is 0.110. The van der Waals surface area contributed by atoms with Crippen LogP contribution in [0.1, 0.15) is 27.2 Å². The van der Waals surface area contributed by atoms with Crippen LogP contribution < -0.4 is 0 Å². The van der Waals surface area contributed by atoms with Gasteiger partial charge in [0.05, 0.1) is 11.9 Å². The molecule has 0 aliphatic heterocycles. The van der Waals surface area contributed by atoms with Crippen LogP contribution in [-0.2, 0) is 15.3 Å². The van der Waals surface area contributed by atoms with Crippen molar-refractivity contribution < 1.29 is 8.39 Å². The third kappa shape index (κ3) is 3.65. The summed E-state index contributed by atoms with van der Waals surface area (Å²) in [6.45, 7) is 6.31. The normalized spacial score (nSPS) is 17.2. The molecule has 0 rings (SSSR count). The molecule has 56 valence electrons. The summed E-state index contributed by atoms with van der Waals surface area (Å²) >= 11 is -1.06. The van der Waals surface area contributed by atoms with E-state index in [1.54, 1.807) is 0 Å². The highest BCUT2D eigenvalue weighted by Gasteiger charge is 2.06. The average molecular weight is 150 g/mol. The van der Waals surface area contributed by atoms with Gasteiger partial charge in [0.25, 0.3) is 0 Å². The molecule has 0 aromatic carbocycles. The van der Waals surface area contributed by atoms with Gasteiger partial charge in [0.2, 0.25) is 0 Å². The van der Waals surface area contributed by atoms with Gasteiger partial charge in [0.1, 0.15) is 0 Å². The molecule has 3 heteroatoms. The van der Waals surface area contributed by atoms with Crippen molar-refractivity contribution in [3.8, 4) is 0 Å². The van der Waals surface area contributed by atoms with Crippen LogP contribution in [0.2, 0.25) is 0 Å². The van der Waals surface area contributed by atoms with Crippen LogP contribution in [0.3, 0.4) is 0 Å². The van der Waals surface area contributed by atoms with Gasteiger partial charge in [0.15, 0.2) is 11.1 Å². The molecular weight excluding hydrogens is 136 g/mol. The first-order valence-corrected chi connectivity index (χ1v) is 4.40. The van der Waals surface area contributed by atoms with Gasteiger partial charge in [-0.15, -0.1) is 0 Å². The molecule has 0 bridgehead atoms. The molecule has 2 unspecified atom stereocenters. The van der Waals surface area contributed by atoms with E-state index < -0.39 is 11.1 Å². The number of hydrogen-bond donors (Lipinski definition) is 0. The summed E-state index contributed by atoms with van der Waals surface area (Å²) in [5, 5.41) is 0.171. The Bertz CT molecular complexity index is 93.1. The van der Waals surface area contributed by atoms with Crippen molar-refractivity contribution in [2.75, 3.05) is 6.61 Å². The minimum Gasteiger partial charge on any atom is -0.291 e. The van der Waals surface area contributed by atoms with Crippen LogP contribution in [0.4, 0.5) is 0 Å². The first kappa shape index (κ1) is 9.11. The molecule has 2 atom stereocenters. The minimum atomic E-state index is -1.06. The molecule has 0 amide bonds. The summed E-state index contributed by atoms with van der Waals surface area (Å²) in [5.41, 5.74) is 0. The Balaban J connectivity index is 3.46. The molecule has 0 fully saturated rings. The van der Waals surface area contributed by atoms with E-state index in [1.165, 1.54) is 0 Å². The number of rotatable bonds is 4. The molecule has 0 N–H and O–H groups in total. The fraction of sp³-hybridized carbons (Fsp3) is 1.00. The van der Waals surface area contributed by atoms with Crippen LogP contribution in [0, 0.1) is 0 Å². The summed E-state index contributed by atoms with van der Waals surface area (Å²) in [7, 11) is 0. The van der Waals surface area contributed by atoms with Crippen LogP contribution in [0.5, 0.6) is 0 Å². The van der Waals surface area contributed by atoms with Crippen LogP contribution in [-0.4, -0.2) is 16.1 Å². The summed E-state index contributed by atoms with van der Waals surface area (Å²) in [6.07, 6.45) is 0.909. The molecule has 0 aromatic heterocycles. The predicted molar refractivity (Wildman–Crippen MR) is 39.5 cm³/mol. The van der Waals surface area contributed by atoms with Crippen LogP contribution >= 0.6 is 0 Å². The van der Waals surface area contributed by atoms with E-state index in [-0.39, 0.29) is 5.25 Å². The molecule has 0 radical (unpaired) electrons. The zero-order valence-corrected chi connectivity index (χ0v) is 7.03. The first-order chi connectivity index (χ1) is 4.22. The maximum Gasteiger partial charge on any atom is 0.158 e. The molecular formula is C6H14O2S. The largest absolute Gasteiger partial charge is 0.291 e. The van der Waals surface area contributed by atoms with E-state index in [0.717, 1.165) is 6.42 Å². The van der Waals surface area contributed by atoms with Gasteiger partial charge in [-0.25, -0.2) is 4.21 Å². The standard InChI is InChI=1S/C6H14O2S/c1-4-6(3)9(7)8-5-2/h6H,4-5H2,1-3H3. The molecule has 0 spiro atoms. The van der Waals surface area contributed by atoms with Crippen molar-refractivity contribution in [1.29, 1.82) is 0 Å². The van der Waals surface area contributed by atoms with Gasteiger partial charge in [-0.2, -0.15) is 0 Å². The SMILES string of the molecule is CCOS(=O)C(C)CC. The first-order valence-electron chi connectivity index (χ1n) is 3.26. The van der Waals surface area contributed by atoms with E-state index in [4.69, 9.17) is 4.18 Å². The lowest BCUT2D eigenvalue weighted by Gasteiger charge is -2.05. The molecule has 0 aliphatic carbocycles. The lowest BCUT2D eigenvalue weighted by Crippen LogP contribution is -2.11. The third-order valence-electron chi connectivity index (χ3n) is 1.14. The van der Waals surface area contributed by atoms with E-state index >= 15 is 0 Å². The summed E-state index contributed by atoms with van der Waals surface area (Å²) < 4.78 is 15.7. The monoisotopic (exact) mass is 150 g/mol. The van der Waals surface area contributed by atoms with Gasteiger partial charge in [0, 0.05) is 0 Å². The van der Waals surface area contributed by atoms with Crippen molar-refractivity contribution in [1.82, 2.24) is 0 Å². The topological polar surface area (TPSA) is 26.3 Å². The Morgan fingerprint density at radius 2 is 2.11 bits per heavy atom. The highest BCUT2D eigenvalue weighted by Crippen LogP contribution is 2.00. The van der Waals surface area contributed by atoms with Crippen molar-refractivity contribution in [3.63, 3.8) is 0 Å². The third-order valence-corrected chi connectivity index (χ3v) is 2.60. The van der Waals surface area contributed by atoms with Gasteiger partial charge in [-0.1, -0.05) is 6.92 Å². The van der Waals surface area contributed by atoms with Crippen LogP contribution in [0.15, 0.2) is 0 Å². The number of hydrogen-bond acceptors (Lipinski definition) is 2. The maximum atomic E-state index is 10.9. The summed E-state index contributed by atoms with van der Waals surface area (Å²) in [6, 6.07) is 0. The summed E-state index contributed by atoms with van der Waals surface area (Å²) in [4.78, 5) is 0. The lowest BCUT2D eigenvalue weighted by molar-refractivity contribution is 0.366. The molecule has 0 aromatic rings. The smallest absolute Gasteiger partial charge is 0.158 e. The molecule has 9 heavy (non-hydrogen) atoms. The van der Waals surface area contributed by atoms with Crippen molar-refractivity contribution in [2.45, 2.75) is 32.4 Å². The van der Waals surface area contributed by atoms with Crippen molar-refractivity contribution in [2.24, 2.45) is 0 Å². The van der Waals surface area contributed by atoms with E-state index in [9.17, 15) is 4.21 Å². The van der Waals surface area contributed by atoms with Gasteiger partial charge in [-0.05, 0) is 20.3 Å². The Morgan fingerprint density at radius 1 is 1.56 bits per heavy atom. The van der Waals surface area contributed by atoms with E-state index in [2.05, 4.69) is 0 Å². The molecule has 0 heterocycles. The van der Waals surface area contributed by atoms with Crippen molar-refractivity contribution in [3.05, 3.63) is 0 Å². The zero-order valence-electron chi connectivity index (χ0n) is 6.22. The minimum absolute atomic E-state index is 0.171. The molecule has 0 aliphatic rings. The summed E-state index contributed by atoms with van der Waals surface area (Å²) in [5.74, 6) is 0. The predicted octanol–water partition coefficient (Wildman–Crippen LogP) is 1.49. The lowest BCUT2D eigenvalue weighted by atomic mass is 10.4. The Labute approximate surface area is 59.3 Å². The van der Waals surface area contributed by atoms with E-state index in [0.29, 0.717) is 6.61 Å². The van der Waals surface area contributed by atoms with Gasteiger partial charge < -0.3 is 0 Å². The fourth-order valence-corrected chi connectivity index (χ4v) is 1.11. The molecule has 0 saturated carbocycles. The Morgan fingerprint density at radius 3 is 2.44 bits per heavy atom. The van der Waals surface area contributed by atoms with Gasteiger partial charge in [-0.3, -0.25) is 4.18 Å². The second kappa shape index (κ2) is 4.94. The molecule has 0 saturated heterocycles. The zero-order chi connectivity index (χ0) is 7.28. The average Bonchev–Trinajstić information content (AvgIpc) is 1.87. The second-order valence-electron chi connectivity index (χ2n) is 1.89. The maximum absolute atomic E-state index is 10.9.